The molecule has 0 saturated heterocycles. The Balaban J connectivity index is 1.88. The van der Waals surface area contributed by atoms with E-state index in [0.717, 1.165) is 11.3 Å². The highest BCUT2D eigenvalue weighted by atomic mass is 32.1. The number of rotatable bonds is 4. The van der Waals surface area contributed by atoms with Gasteiger partial charge in [-0.1, -0.05) is 76.2 Å². The largest absolute Gasteiger partial charge is 0.255 e. The molecule has 2 aromatic heterocycles. The lowest BCUT2D eigenvalue weighted by molar-refractivity contribution is 0.839. The van der Waals surface area contributed by atoms with Gasteiger partial charge in [-0.3, -0.25) is 4.98 Å². The van der Waals surface area contributed by atoms with Crippen LogP contribution in [0.3, 0.4) is 0 Å². The molecule has 4 aromatic rings. The van der Waals surface area contributed by atoms with Crippen LogP contribution in [0.1, 0.15) is 50.7 Å². The Morgan fingerprint density at radius 2 is 1.44 bits per heavy atom. The van der Waals surface area contributed by atoms with Gasteiger partial charge in [0.1, 0.15) is 0 Å². The van der Waals surface area contributed by atoms with Crippen molar-refractivity contribution in [3.05, 3.63) is 78.0 Å². The van der Waals surface area contributed by atoms with Crippen molar-refractivity contribution in [2.45, 2.75) is 39.5 Å². The summed E-state index contributed by atoms with van der Waals surface area (Å²) in [6.07, 6.45) is 2.03. The number of fused-ring (bicyclic) bond motifs is 1. The van der Waals surface area contributed by atoms with Gasteiger partial charge in [0.2, 0.25) is 0 Å². The Morgan fingerprint density at radius 1 is 0.778 bits per heavy atom. The van der Waals surface area contributed by atoms with Crippen LogP contribution in [0.4, 0.5) is 0 Å². The van der Waals surface area contributed by atoms with Gasteiger partial charge in [0.05, 0.1) is 10.4 Å². The molecule has 0 fully saturated rings. The third-order valence-electron chi connectivity index (χ3n) is 5.09. The summed E-state index contributed by atoms with van der Waals surface area (Å²) < 4.78 is 1.25. The third-order valence-corrected chi connectivity index (χ3v) is 6.20. The maximum absolute atomic E-state index is 4.71. The lowest BCUT2D eigenvalue weighted by Crippen LogP contribution is -1.98. The SMILES string of the molecule is CC(C)c1cccc(C(C)C)c1-c1cc2cc(-c3ccccc3)ncc2s1. The van der Waals surface area contributed by atoms with E-state index in [4.69, 9.17) is 4.98 Å². The summed E-state index contributed by atoms with van der Waals surface area (Å²) in [5, 5.41) is 1.28. The predicted octanol–water partition coefficient (Wildman–Crippen LogP) is 7.88. The van der Waals surface area contributed by atoms with E-state index < -0.39 is 0 Å². The second kappa shape index (κ2) is 7.28. The maximum Gasteiger partial charge on any atom is 0.0709 e. The summed E-state index contributed by atoms with van der Waals surface area (Å²) in [4.78, 5) is 6.06. The molecule has 2 heterocycles. The molecule has 27 heavy (non-hydrogen) atoms. The summed E-state index contributed by atoms with van der Waals surface area (Å²) in [6.45, 7) is 9.13. The van der Waals surface area contributed by atoms with E-state index in [-0.39, 0.29) is 0 Å². The normalized spacial score (nSPS) is 11.6. The number of thiophene rings is 1. The van der Waals surface area contributed by atoms with Gasteiger partial charge in [0, 0.05) is 16.6 Å². The van der Waals surface area contributed by atoms with Crippen LogP contribution in [0.5, 0.6) is 0 Å². The summed E-state index contributed by atoms with van der Waals surface area (Å²) in [5.74, 6) is 1.00. The zero-order valence-corrected chi connectivity index (χ0v) is 17.2. The molecule has 0 aliphatic heterocycles. The molecule has 1 nitrogen and oxygen atoms in total. The number of nitrogens with zero attached hydrogens (tertiary/aromatic N) is 1. The number of benzene rings is 2. The first kappa shape index (κ1) is 17.9. The summed E-state index contributed by atoms with van der Waals surface area (Å²) in [5.41, 5.74) is 6.49. The van der Waals surface area contributed by atoms with E-state index >= 15 is 0 Å². The number of hydrogen-bond donors (Lipinski definition) is 0. The molecule has 0 N–H and O–H groups in total. The van der Waals surface area contributed by atoms with Gasteiger partial charge in [-0.15, -0.1) is 11.3 Å². The third kappa shape index (κ3) is 3.42. The second-order valence-corrected chi connectivity index (χ2v) is 8.79. The molecule has 0 atom stereocenters. The molecule has 0 spiro atoms. The molecule has 0 radical (unpaired) electrons. The van der Waals surface area contributed by atoms with Crippen LogP contribution in [-0.2, 0) is 0 Å². The van der Waals surface area contributed by atoms with Crippen molar-refractivity contribution in [2.24, 2.45) is 0 Å². The Kier molecular flexibility index (Phi) is 4.84. The van der Waals surface area contributed by atoms with E-state index in [9.17, 15) is 0 Å². The first-order valence-electron chi connectivity index (χ1n) is 9.62. The Bertz CT molecular complexity index is 1050. The molecule has 4 rings (SSSR count). The fraction of sp³-hybridized carbons (Fsp3) is 0.240. The Labute approximate surface area is 165 Å². The van der Waals surface area contributed by atoms with Gasteiger partial charge in [0.25, 0.3) is 0 Å². The molecular formula is C25H25NS. The van der Waals surface area contributed by atoms with Crippen molar-refractivity contribution in [3.63, 3.8) is 0 Å². The Hall–Kier alpha value is -2.45. The quantitative estimate of drug-likeness (QED) is 0.355. The van der Waals surface area contributed by atoms with Crippen molar-refractivity contribution in [1.82, 2.24) is 4.98 Å². The highest BCUT2D eigenvalue weighted by Crippen LogP contribution is 2.42. The summed E-state index contributed by atoms with van der Waals surface area (Å²) >= 11 is 1.85. The van der Waals surface area contributed by atoms with Crippen molar-refractivity contribution >= 4 is 21.4 Å². The first-order chi connectivity index (χ1) is 13.0. The topological polar surface area (TPSA) is 12.9 Å². The van der Waals surface area contributed by atoms with Crippen molar-refractivity contribution in [3.8, 4) is 21.7 Å². The molecule has 2 heteroatoms. The first-order valence-corrected chi connectivity index (χ1v) is 10.4. The van der Waals surface area contributed by atoms with E-state index in [1.807, 2.05) is 23.6 Å². The maximum atomic E-state index is 4.71. The number of hydrogen-bond acceptors (Lipinski definition) is 2. The lowest BCUT2D eigenvalue weighted by atomic mass is 9.88. The molecule has 0 saturated carbocycles. The van der Waals surface area contributed by atoms with Crippen molar-refractivity contribution in [2.75, 3.05) is 0 Å². The van der Waals surface area contributed by atoms with Gasteiger partial charge in [0.15, 0.2) is 0 Å². The fourth-order valence-corrected chi connectivity index (χ4v) is 4.77. The van der Waals surface area contributed by atoms with E-state index in [1.54, 1.807) is 0 Å². The Morgan fingerprint density at radius 3 is 2.07 bits per heavy atom. The monoisotopic (exact) mass is 371 g/mol. The van der Waals surface area contributed by atoms with Gasteiger partial charge < -0.3 is 0 Å². The average Bonchev–Trinajstić information content (AvgIpc) is 3.11. The van der Waals surface area contributed by atoms with Crippen LogP contribution >= 0.6 is 11.3 Å². The minimum absolute atomic E-state index is 0.502. The van der Waals surface area contributed by atoms with Gasteiger partial charge in [-0.25, -0.2) is 0 Å². The van der Waals surface area contributed by atoms with E-state index in [1.165, 1.54) is 31.7 Å². The van der Waals surface area contributed by atoms with E-state index in [2.05, 4.69) is 82.3 Å². The predicted molar refractivity (Wildman–Crippen MR) is 119 cm³/mol. The number of aromatic nitrogens is 1. The number of pyridine rings is 1. The molecule has 0 bridgehead atoms. The molecule has 0 unspecified atom stereocenters. The van der Waals surface area contributed by atoms with Crippen LogP contribution in [0.2, 0.25) is 0 Å². The minimum atomic E-state index is 0.502. The fourth-order valence-electron chi connectivity index (χ4n) is 3.67. The van der Waals surface area contributed by atoms with Crippen LogP contribution in [0, 0.1) is 0 Å². The van der Waals surface area contributed by atoms with Crippen LogP contribution in [0.25, 0.3) is 31.8 Å². The van der Waals surface area contributed by atoms with Crippen LogP contribution < -0.4 is 0 Å². The zero-order valence-electron chi connectivity index (χ0n) is 16.4. The second-order valence-electron chi connectivity index (χ2n) is 7.70. The summed E-state index contributed by atoms with van der Waals surface area (Å²) in [6, 6.07) is 21.7. The summed E-state index contributed by atoms with van der Waals surface area (Å²) in [7, 11) is 0. The van der Waals surface area contributed by atoms with Gasteiger partial charge >= 0.3 is 0 Å². The lowest BCUT2D eigenvalue weighted by Gasteiger charge is -2.18. The highest BCUT2D eigenvalue weighted by Gasteiger charge is 2.17. The van der Waals surface area contributed by atoms with Crippen LogP contribution in [-0.4, -0.2) is 4.98 Å². The van der Waals surface area contributed by atoms with Crippen LogP contribution in [0.15, 0.2) is 66.9 Å². The smallest absolute Gasteiger partial charge is 0.0709 e. The van der Waals surface area contributed by atoms with Gasteiger partial charge in [-0.05, 0) is 46.0 Å². The minimum Gasteiger partial charge on any atom is -0.255 e. The molecule has 0 aliphatic carbocycles. The average molecular weight is 372 g/mol. The standard InChI is InChI=1S/C25H25NS/c1-16(2)20-11-8-12-21(17(3)4)25(20)23-14-19-13-22(26-15-24(19)27-23)18-9-6-5-7-10-18/h5-17H,1-4H3. The molecular weight excluding hydrogens is 346 g/mol. The molecule has 2 aromatic carbocycles. The zero-order chi connectivity index (χ0) is 19.0. The molecule has 136 valence electrons. The molecule has 0 amide bonds. The van der Waals surface area contributed by atoms with E-state index in [0.29, 0.717) is 11.8 Å². The van der Waals surface area contributed by atoms with Crippen molar-refractivity contribution in [1.29, 1.82) is 0 Å². The highest BCUT2D eigenvalue weighted by molar-refractivity contribution is 7.22. The van der Waals surface area contributed by atoms with Gasteiger partial charge in [-0.2, -0.15) is 0 Å². The molecule has 0 aliphatic rings. The van der Waals surface area contributed by atoms with Crippen molar-refractivity contribution < 1.29 is 0 Å².